The van der Waals surface area contributed by atoms with E-state index in [2.05, 4.69) is 27.8 Å². The predicted molar refractivity (Wildman–Crippen MR) is 184 cm³/mol. The SMILES string of the molecule is C=C1NC([C@H](O)Cc2ccc(O)cc2)C(=O)NC(CC)C(=O)N2C[C@H](C)CC2C(=O)NCCCC(N)C(=O)NC(CC)C(=O)N2C[C@H](O)CC12. The Balaban J connectivity index is 1.68. The zero-order valence-corrected chi connectivity index (χ0v) is 29.1. The number of phenols is 1. The normalized spacial score (nSPS) is 31.5. The summed E-state index contributed by atoms with van der Waals surface area (Å²) < 4.78 is 0. The molecule has 15 heteroatoms. The predicted octanol–water partition coefficient (Wildman–Crippen LogP) is -1.01. The first-order chi connectivity index (χ1) is 23.7. The standard InChI is InChI=1S/C35H53N7O8/c1-5-25-35(50)42-18-23(44)16-27(42)20(4)38-30(29(45)15-21-9-11-22(43)12-10-21)33(48)40-26(6-2)34(49)41-17-19(3)14-28(41)32(47)37-13-7-8-24(36)31(46)39-25/h9-12,19,23-30,38,43-45H,4-8,13-18,36H2,1-3H3,(H,37,47)(H,39,46)(H,40,48)/t19-,23-,24?,25?,26?,27?,28?,29-,30?/m1/s1. The van der Waals surface area contributed by atoms with Gasteiger partial charge >= 0.3 is 0 Å². The molecule has 0 saturated carbocycles. The number of carbonyl (C=O) groups is 5. The number of hydrogen-bond acceptors (Lipinski definition) is 10. The first-order valence-electron chi connectivity index (χ1n) is 17.6. The lowest BCUT2D eigenvalue weighted by molar-refractivity contribution is -0.142. The Morgan fingerprint density at radius 3 is 2.10 bits per heavy atom. The second kappa shape index (κ2) is 17.1. The van der Waals surface area contributed by atoms with Crippen molar-refractivity contribution in [3.8, 4) is 5.75 Å². The first kappa shape index (κ1) is 38.6. The number of rotatable bonds is 5. The molecule has 3 saturated heterocycles. The van der Waals surface area contributed by atoms with Crippen molar-refractivity contribution in [2.75, 3.05) is 19.6 Å². The van der Waals surface area contributed by atoms with E-state index in [0.29, 0.717) is 24.9 Å². The van der Waals surface area contributed by atoms with E-state index in [1.807, 2.05) is 6.92 Å². The fourth-order valence-corrected chi connectivity index (χ4v) is 6.95. The van der Waals surface area contributed by atoms with Gasteiger partial charge in [-0.2, -0.15) is 0 Å². The van der Waals surface area contributed by atoms with Crippen LogP contribution in [0.15, 0.2) is 36.5 Å². The van der Waals surface area contributed by atoms with Crippen molar-refractivity contribution in [3.63, 3.8) is 0 Å². The number of nitrogens with zero attached hydrogens (tertiary/aromatic N) is 2. The largest absolute Gasteiger partial charge is 0.508 e. The summed E-state index contributed by atoms with van der Waals surface area (Å²) >= 11 is 0. The smallest absolute Gasteiger partial charge is 0.245 e. The third kappa shape index (κ3) is 9.31. The molecular weight excluding hydrogens is 646 g/mol. The summed E-state index contributed by atoms with van der Waals surface area (Å²) in [6, 6.07) is 0.316. The molecule has 5 amide bonds. The summed E-state index contributed by atoms with van der Waals surface area (Å²) in [7, 11) is 0. The topological polar surface area (TPSA) is 227 Å². The van der Waals surface area contributed by atoms with Crippen LogP contribution in [-0.4, -0.2) is 123 Å². The van der Waals surface area contributed by atoms with Crippen LogP contribution in [0.3, 0.4) is 0 Å². The average molecular weight is 700 g/mol. The van der Waals surface area contributed by atoms with Crippen LogP contribution in [0, 0.1) is 5.92 Å². The van der Waals surface area contributed by atoms with Gasteiger partial charge in [0.15, 0.2) is 0 Å². The van der Waals surface area contributed by atoms with Crippen LogP contribution < -0.4 is 27.0 Å². The zero-order chi connectivity index (χ0) is 36.7. The Morgan fingerprint density at radius 2 is 1.48 bits per heavy atom. The number of fused-ring (bicyclic) bond motifs is 2. The zero-order valence-electron chi connectivity index (χ0n) is 29.1. The van der Waals surface area contributed by atoms with Crippen molar-refractivity contribution in [3.05, 3.63) is 42.1 Å². The van der Waals surface area contributed by atoms with Gasteiger partial charge in [-0.25, -0.2) is 0 Å². The summed E-state index contributed by atoms with van der Waals surface area (Å²) in [6.07, 6.45) is -0.689. The van der Waals surface area contributed by atoms with Gasteiger partial charge in [-0.1, -0.05) is 39.5 Å². The van der Waals surface area contributed by atoms with Gasteiger partial charge < -0.3 is 52.1 Å². The second-order valence-electron chi connectivity index (χ2n) is 13.8. The highest BCUT2D eigenvalue weighted by Crippen LogP contribution is 2.26. The summed E-state index contributed by atoms with van der Waals surface area (Å²) in [5, 5.41) is 43.2. The van der Waals surface area contributed by atoms with E-state index >= 15 is 0 Å². The monoisotopic (exact) mass is 699 g/mol. The Morgan fingerprint density at radius 1 is 0.880 bits per heavy atom. The fourth-order valence-electron chi connectivity index (χ4n) is 6.95. The molecule has 3 heterocycles. The van der Waals surface area contributed by atoms with E-state index in [9.17, 15) is 39.3 Å². The molecule has 0 aliphatic carbocycles. The first-order valence-corrected chi connectivity index (χ1v) is 17.6. The summed E-state index contributed by atoms with van der Waals surface area (Å²) in [5.41, 5.74) is 6.96. The van der Waals surface area contributed by atoms with E-state index in [-0.39, 0.29) is 68.5 Å². The van der Waals surface area contributed by atoms with Crippen molar-refractivity contribution in [1.82, 2.24) is 31.1 Å². The second-order valence-corrected chi connectivity index (χ2v) is 13.8. The number of amides is 5. The van der Waals surface area contributed by atoms with Gasteiger partial charge in [0.1, 0.15) is 29.9 Å². The molecule has 9 atom stereocenters. The number of nitrogens with one attached hydrogen (secondary N) is 4. The molecule has 3 fully saturated rings. The Labute approximate surface area is 293 Å². The molecule has 276 valence electrons. The van der Waals surface area contributed by atoms with Crippen LogP contribution in [0.2, 0.25) is 0 Å². The van der Waals surface area contributed by atoms with Crippen molar-refractivity contribution in [1.29, 1.82) is 0 Å². The van der Waals surface area contributed by atoms with Crippen molar-refractivity contribution < 1.29 is 39.3 Å². The number of aliphatic hydroxyl groups is 2. The van der Waals surface area contributed by atoms with Gasteiger partial charge in [-0.15, -0.1) is 0 Å². The highest BCUT2D eigenvalue weighted by Gasteiger charge is 2.43. The van der Waals surface area contributed by atoms with Gasteiger partial charge in [-0.05, 0) is 55.7 Å². The van der Waals surface area contributed by atoms with Crippen LogP contribution in [0.5, 0.6) is 5.75 Å². The summed E-state index contributed by atoms with van der Waals surface area (Å²) in [5.74, 6) is -2.40. The number of hydrogen-bond donors (Lipinski definition) is 8. The van der Waals surface area contributed by atoms with Crippen LogP contribution >= 0.6 is 0 Å². The molecule has 6 unspecified atom stereocenters. The van der Waals surface area contributed by atoms with Crippen LogP contribution in [0.25, 0.3) is 0 Å². The van der Waals surface area contributed by atoms with Crippen molar-refractivity contribution >= 4 is 29.5 Å². The van der Waals surface area contributed by atoms with Gasteiger partial charge in [0, 0.05) is 38.2 Å². The molecule has 3 aliphatic heterocycles. The van der Waals surface area contributed by atoms with Crippen molar-refractivity contribution in [2.45, 2.75) is 114 Å². The van der Waals surface area contributed by atoms with E-state index < -0.39 is 72.1 Å². The molecule has 0 spiro atoms. The highest BCUT2D eigenvalue weighted by atomic mass is 16.3. The minimum absolute atomic E-state index is 0.0185. The molecule has 1 aromatic rings. The van der Waals surface area contributed by atoms with E-state index in [0.717, 1.165) is 0 Å². The van der Waals surface area contributed by atoms with E-state index in [4.69, 9.17) is 5.73 Å². The number of aromatic hydroxyl groups is 1. The van der Waals surface area contributed by atoms with Crippen LogP contribution in [0.1, 0.15) is 64.9 Å². The third-order valence-corrected chi connectivity index (χ3v) is 9.82. The minimum Gasteiger partial charge on any atom is -0.508 e. The molecule has 15 nitrogen and oxygen atoms in total. The molecule has 9 N–H and O–H groups in total. The van der Waals surface area contributed by atoms with E-state index in [1.165, 1.54) is 21.9 Å². The Kier molecular flexibility index (Phi) is 13.2. The lowest BCUT2D eigenvalue weighted by Gasteiger charge is -2.34. The molecule has 4 rings (SSSR count). The molecule has 0 bridgehead atoms. The van der Waals surface area contributed by atoms with Gasteiger partial charge in [-0.3, -0.25) is 24.0 Å². The maximum absolute atomic E-state index is 14.0. The molecule has 3 aliphatic rings. The Hall–Kier alpha value is -4.21. The maximum atomic E-state index is 14.0. The molecule has 0 aromatic heterocycles. The van der Waals surface area contributed by atoms with E-state index in [1.54, 1.807) is 26.0 Å². The average Bonchev–Trinajstić information content (AvgIpc) is 3.68. The van der Waals surface area contributed by atoms with Crippen molar-refractivity contribution in [2.24, 2.45) is 11.7 Å². The quantitative estimate of drug-likeness (QED) is 0.187. The van der Waals surface area contributed by atoms with Crippen LogP contribution in [0.4, 0.5) is 0 Å². The number of phenolic OH excluding ortho intramolecular Hbond substituents is 1. The number of benzene rings is 1. The summed E-state index contributed by atoms with van der Waals surface area (Å²) in [6.45, 7) is 10.0. The molecule has 50 heavy (non-hydrogen) atoms. The Bertz CT molecular complexity index is 1410. The van der Waals surface area contributed by atoms with Gasteiger partial charge in [0.2, 0.25) is 29.5 Å². The molecule has 0 radical (unpaired) electrons. The maximum Gasteiger partial charge on any atom is 0.245 e. The highest BCUT2D eigenvalue weighted by molar-refractivity contribution is 5.94. The minimum atomic E-state index is -1.37. The van der Waals surface area contributed by atoms with Gasteiger partial charge in [0.25, 0.3) is 0 Å². The van der Waals surface area contributed by atoms with Gasteiger partial charge in [0.05, 0.1) is 24.3 Å². The number of aliphatic hydroxyl groups excluding tert-OH is 2. The lowest BCUT2D eigenvalue weighted by atomic mass is 9.99. The fraction of sp³-hybridized carbons (Fsp3) is 0.629. The van der Waals surface area contributed by atoms with Crippen LogP contribution in [-0.2, 0) is 30.4 Å². The summed E-state index contributed by atoms with van der Waals surface area (Å²) in [4.78, 5) is 70.9. The number of nitrogens with two attached hydrogens (primary N) is 1. The lowest BCUT2D eigenvalue weighted by Crippen LogP contribution is -2.59. The molecule has 1 aromatic carbocycles. The number of carbonyl (C=O) groups excluding carboxylic acids is 5. The molecular formula is C35H53N7O8. The third-order valence-electron chi connectivity index (χ3n) is 9.82.